The highest BCUT2D eigenvalue weighted by atomic mass is 16.6. The average Bonchev–Trinajstić information content (AvgIpc) is 3.14. The van der Waals surface area contributed by atoms with E-state index in [0.29, 0.717) is 49.6 Å². The van der Waals surface area contributed by atoms with Crippen molar-refractivity contribution in [1.82, 2.24) is 28.9 Å². The number of hydrogen-bond donors (Lipinski definition) is 0. The first-order chi connectivity index (χ1) is 25.1. The summed E-state index contributed by atoms with van der Waals surface area (Å²) in [4.78, 5) is 60.3. The maximum atomic E-state index is 13.3. The van der Waals surface area contributed by atoms with Crippen molar-refractivity contribution in [2.75, 3.05) is 32.8 Å². The second-order valence-electron chi connectivity index (χ2n) is 13.8. The predicted molar refractivity (Wildman–Crippen MR) is 197 cm³/mol. The van der Waals surface area contributed by atoms with Crippen LogP contribution in [0.5, 0.6) is 11.5 Å². The van der Waals surface area contributed by atoms with Crippen molar-refractivity contribution in [2.45, 2.75) is 64.9 Å². The predicted octanol–water partition coefficient (Wildman–Crippen LogP) is 4.66. The fourth-order valence-electron chi connectivity index (χ4n) is 6.45. The van der Waals surface area contributed by atoms with Crippen LogP contribution in [0.3, 0.4) is 0 Å². The first kappa shape index (κ1) is 36.2. The molecule has 0 N–H and O–H groups in total. The second kappa shape index (κ2) is 16.2. The van der Waals surface area contributed by atoms with Gasteiger partial charge < -0.3 is 28.8 Å². The van der Waals surface area contributed by atoms with Gasteiger partial charge >= 0.3 is 6.09 Å². The van der Waals surface area contributed by atoms with Crippen LogP contribution in [0.25, 0.3) is 22.1 Å². The zero-order chi connectivity index (χ0) is 36.7. The molecule has 1 saturated heterocycles. The van der Waals surface area contributed by atoms with Crippen molar-refractivity contribution in [2.24, 2.45) is 0 Å². The number of ether oxygens (including phenoxy) is 3. The molecule has 4 aromatic heterocycles. The molecule has 0 saturated carbocycles. The molecule has 0 bridgehead atoms. The number of piperidine rings is 1. The Hall–Kier alpha value is -5.56. The Bertz CT molecular complexity index is 2150. The minimum atomic E-state index is -0.581. The molecule has 0 spiro atoms. The molecule has 13 heteroatoms. The Morgan fingerprint density at radius 2 is 1.46 bits per heavy atom. The molecule has 5 aromatic rings. The van der Waals surface area contributed by atoms with Gasteiger partial charge in [-0.05, 0) is 87.7 Å². The van der Waals surface area contributed by atoms with E-state index >= 15 is 0 Å². The van der Waals surface area contributed by atoms with Crippen LogP contribution in [0.15, 0.2) is 88.7 Å². The van der Waals surface area contributed by atoms with Crippen molar-refractivity contribution < 1.29 is 23.8 Å². The minimum absolute atomic E-state index is 0.0402. The first-order valence-corrected chi connectivity index (χ1v) is 17.5. The SMILES string of the molecule is CC(C)(C)OC(=O)N(Cc1ccc2c(c1)OCCO2)C1CCN(CCn2c(=O)ccc3cccnc32)CC1.O=CCn1c(=O)ccc2cccnc21. The smallest absolute Gasteiger partial charge is 0.410 e. The Balaban J connectivity index is 0.000000276. The summed E-state index contributed by atoms with van der Waals surface area (Å²) in [6.07, 6.45) is 5.35. The number of nitrogens with zero attached hydrogens (tertiary/aromatic N) is 6. The number of fused-ring (bicyclic) bond motifs is 3. The number of benzene rings is 1. The largest absolute Gasteiger partial charge is 0.486 e. The number of carbonyl (C=O) groups excluding carboxylic acids is 2. The zero-order valence-electron chi connectivity index (χ0n) is 29.8. The topological polar surface area (TPSA) is 138 Å². The lowest BCUT2D eigenvalue weighted by Gasteiger charge is -2.39. The summed E-state index contributed by atoms with van der Waals surface area (Å²) in [5.74, 6) is 1.45. The van der Waals surface area contributed by atoms with Crippen LogP contribution in [-0.2, 0) is 29.2 Å². The van der Waals surface area contributed by atoms with Crippen LogP contribution < -0.4 is 20.6 Å². The van der Waals surface area contributed by atoms with Gasteiger partial charge in [0.1, 0.15) is 36.4 Å². The highest BCUT2D eigenvalue weighted by Crippen LogP contribution is 2.32. The fraction of sp³-hybridized carbons (Fsp3) is 0.385. The summed E-state index contributed by atoms with van der Waals surface area (Å²) < 4.78 is 20.3. The molecule has 2 aliphatic heterocycles. The maximum absolute atomic E-state index is 13.3. The van der Waals surface area contributed by atoms with Crippen LogP contribution in [-0.4, -0.2) is 85.8 Å². The second-order valence-corrected chi connectivity index (χ2v) is 13.8. The van der Waals surface area contributed by atoms with Gasteiger partial charge in [-0.25, -0.2) is 14.8 Å². The third kappa shape index (κ3) is 8.83. The normalized spacial score (nSPS) is 14.8. The molecule has 1 aromatic carbocycles. The maximum Gasteiger partial charge on any atom is 0.410 e. The zero-order valence-corrected chi connectivity index (χ0v) is 29.8. The molecule has 272 valence electrons. The molecule has 1 fully saturated rings. The van der Waals surface area contributed by atoms with Crippen LogP contribution in [0, 0.1) is 0 Å². The Kier molecular flexibility index (Phi) is 11.3. The van der Waals surface area contributed by atoms with Gasteiger partial charge in [0, 0.05) is 74.1 Å². The molecule has 0 atom stereocenters. The number of aromatic nitrogens is 4. The van der Waals surface area contributed by atoms with Crippen LogP contribution >= 0.6 is 0 Å². The monoisotopic (exact) mass is 708 g/mol. The third-order valence-electron chi connectivity index (χ3n) is 8.97. The third-order valence-corrected chi connectivity index (χ3v) is 8.97. The molecule has 1 amide bonds. The number of pyridine rings is 4. The van der Waals surface area contributed by atoms with E-state index in [1.165, 1.54) is 10.6 Å². The number of hydrogen-bond acceptors (Lipinski definition) is 10. The van der Waals surface area contributed by atoms with Crippen molar-refractivity contribution in [3.63, 3.8) is 0 Å². The van der Waals surface area contributed by atoms with E-state index in [1.54, 1.807) is 35.2 Å². The van der Waals surface area contributed by atoms with Crippen LogP contribution in [0.2, 0.25) is 0 Å². The molecule has 0 radical (unpaired) electrons. The number of aldehydes is 1. The number of likely N-dealkylation sites (tertiary alicyclic amines) is 1. The minimum Gasteiger partial charge on any atom is -0.486 e. The molecule has 2 aliphatic rings. The van der Waals surface area contributed by atoms with Crippen molar-refractivity contribution >= 4 is 34.4 Å². The van der Waals surface area contributed by atoms with E-state index in [2.05, 4.69) is 14.9 Å². The van der Waals surface area contributed by atoms with Gasteiger partial charge in [0.25, 0.3) is 11.1 Å². The van der Waals surface area contributed by atoms with E-state index in [4.69, 9.17) is 14.2 Å². The number of amides is 1. The number of rotatable bonds is 8. The standard InChI is InChI=1S/C29H36N4O5.C10H8N2O2/c1-29(2,3)38-28(35)33(20-21-6-8-24-25(19-21)37-18-17-36-24)23-10-13-31(14-11-23)15-16-32-26(34)9-7-22-5-4-12-30-27(22)32;13-7-6-12-9(14)4-3-8-2-1-5-11-10(8)12/h4-9,12,19,23H,10-11,13-18,20H2,1-3H3;1-5,7H,6H2. The molecule has 7 rings (SSSR count). The van der Waals surface area contributed by atoms with Crippen molar-refractivity contribution in [3.8, 4) is 11.5 Å². The van der Waals surface area contributed by atoms with Gasteiger partial charge in [-0.2, -0.15) is 0 Å². The summed E-state index contributed by atoms with van der Waals surface area (Å²) in [7, 11) is 0. The van der Waals surface area contributed by atoms with Crippen molar-refractivity contribution in [1.29, 1.82) is 0 Å². The van der Waals surface area contributed by atoms with Gasteiger partial charge in [0.15, 0.2) is 11.5 Å². The molecule has 0 aliphatic carbocycles. The molecular weight excluding hydrogens is 664 g/mol. The lowest BCUT2D eigenvalue weighted by molar-refractivity contribution is -0.108. The number of carbonyl (C=O) groups is 2. The molecule has 52 heavy (non-hydrogen) atoms. The molecule has 6 heterocycles. The molecular formula is C39H44N6O7. The lowest BCUT2D eigenvalue weighted by atomic mass is 10.0. The summed E-state index contributed by atoms with van der Waals surface area (Å²) in [5.41, 5.74) is 1.41. The van der Waals surface area contributed by atoms with Crippen LogP contribution in [0.1, 0.15) is 39.2 Å². The van der Waals surface area contributed by atoms with E-state index < -0.39 is 5.60 Å². The average molecular weight is 709 g/mol. The van der Waals surface area contributed by atoms with Gasteiger partial charge in [0.2, 0.25) is 0 Å². The quantitative estimate of drug-likeness (QED) is 0.209. The first-order valence-electron chi connectivity index (χ1n) is 17.5. The van der Waals surface area contributed by atoms with E-state index in [1.807, 2.05) is 68.1 Å². The van der Waals surface area contributed by atoms with Gasteiger partial charge in [-0.3, -0.25) is 18.7 Å². The summed E-state index contributed by atoms with van der Waals surface area (Å²) in [5, 5.41) is 1.81. The summed E-state index contributed by atoms with van der Waals surface area (Å²) >= 11 is 0. The Morgan fingerprint density at radius 1 is 0.846 bits per heavy atom. The highest BCUT2D eigenvalue weighted by molar-refractivity contribution is 5.75. The van der Waals surface area contributed by atoms with E-state index in [-0.39, 0.29) is 29.8 Å². The fourth-order valence-corrected chi connectivity index (χ4v) is 6.45. The van der Waals surface area contributed by atoms with Gasteiger partial charge in [0.05, 0.1) is 6.54 Å². The van der Waals surface area contributed by atoms with Crippen LogP contribution in [0.4, 0.5) is 4.79 Å². The highest BCUT2D eigenvalue weighted by Gasteiger charge is 2.31. The molecule has 13 nitrogen and oxygen atoms in total. The molecule has 0 unspecified atom stereocenters. The van der Waals surface area contributed by atoms with Gasteiger partial charge in [-0.1, -0.05) is 6.07 Å². The van der Waals surface area contributed by atoms with E-state index in [9.17, 15) is 19.2 Å². The van der Waals surface area contributed by atoms with Crippen molar-refractivity contribution in [3.05, 3.63) is 105 Å². The lowest BCUT2D eigenvalue weighted by Crippen LogP contribution is -2.49. The van der Waals surface area contributed by atoms with Gasteiger partial charge in [-0.15, -0.1) is 0 Å². The summed E-state index contributed by atoms with van der Waals surface area (Å²) in [6, 6.07) is 19.9. The Labute approximate surface area is 301 Å². The van der Waals surface area contributed by atoms with E-state index in [0.717, 1.165) is 54.6 Å². The Morgan fingerprint density at radius 3 is 2.10 bits per heavy atom. The summed E-state index contributed by atoms with van der Waals surface area (Å²) in [6.45, 7) is 10.2.